The van der Waals surface area contributed by atoms with E-state index in [1.165, 1.54) is 31.3 Å². The predicted octanol–water partition coefficient (Wildman–Crippen LogP) is 2.36. The van der Waals surface area contributed by atoms with Crippen LogP contribution in [-0.4, -0.2) is 19.6 Å². The number of methoxy groups -OCH3 is 1. The molecule has 0 amide bonds. The molecule has 0 radical (unpaired) electrons. The first-order chi connectivity index (χ1) is 6.81. The Labute approximate surface area is 87.1 Å². The van der Waals surface area contributed by atoms with Crippen molar-refractivity contribution in [2.75, 3.05) is 19.0 Å². The number of anilines is 1. The van der Waals surface area contributed by atoms with Crippen LogP contribution < -0.4 is 5.32 Å². The van der Waals surface area contributed by atoms with Gasteiger partial charge in [-0.2, -0.15) is 0 Å². The Bertz CT molecular complexity index is 331. The van der Waals surface area contributed by atoms with Gasteiger partial charge in [0.15, 0.2) is 0 Å². The molecule has 0 aromatic carbocycles. The minimum Gasteiger partial charge on any atom is -0.465 e. The van der Waals surface area contributed by atoms with Gasteiger partial charge in [0.2, 0.25) is 0 Å². The highest BCUT2D eigenvalue weighted by Gasteiger charge is 2.22. The van der Waals surface area contributed by atoms with Crippen LogP contribution in [0.2, 0.25) is 0 Å². The molecule has 2 rings (SSSR count). The van der Waals surface area contributed by atoms with Crippen molar-refractivity contribution in [1.82, 2.24) is 0 Å². The van der Waals surface area contributed by atoms with Crippen molar-refractivity contribution in [3.05, 3.63) is 16.3 Å². The Morgan fingerprint density at radius 2 is 2.50 bits per heavy atom. The fourth-order valence-corrected chi connectivity index (χ4v) is 2.06. The van der Waals surface area contributed by atoms with Gasteiger partial charge in [-0.05, 0) is 30.2 Å². The molecule has 0 spiro atoms. The standard InChI is InChI=1S/C10H13NO2S/c1-13-10(12)9-8(4-5-14-9)11-6-7-2-3-7/h4-5,7,11H,2-3,6H2,1H3. The fourth-order valence-electron chi connectivity index (χ4n) is 1.28. The van der Waals surface area contributed by atoms with Crippen LogP contribution in [-0.2, 0) is 4.74 Å². The van der Waals surface area contributed by atoms with E-state index < -0.39 is 0 Å². The third-order valence-corrected chi connectivity index (χ3v) is 3.21. The molecule has 0 bridgehead atoms. The average Bonchev–Trinajstić information content (AvgIpc) is 2.92. The van der Waals surface area contributed by atoms with Crippen LogP contribution in [0.25, 0.3) is 0 Å². The van der Waals surface area contributed by atoms with Crippen molar-refractivity contribution in [2.24, 2.45) is 5.92 Å². The summed E-state index contributed by atoms with van der Waals surface area (Å²) in [5, 5.41) is 5.18. The molecule has 1 heterocycles. The van der Waals surface area contributed by atoms with Gasteiger partial charge >= 0.3 is 5.97 Å². The number of esters is 1. The van der Waals surface area contributed by atoms with Gasteiger partial charge in [0.05, 0.1) is 12.8 Å². The maximum atomic E-state index is 11.3. The lowest BCUT2D eigenvalue weighted by atomic mass is 10.3. The first-order valence-corrected chi connectivity index (χ1v) is 5.59. The van der Waals surface area contributed by atoms with E-state index >= 15 is 0 Å². The van der Waals surface area contributed by atoms with Gasteiger partial charge in [0.1, 0.15) is 4.88 Å². The molecule has 3 nitrogen and oxygen atoms in total. The smallest absolute Gasteiger partial charge is 0.350 e. The number of ether oxygens (including phenoxy) is 1. The molecule has 1 aliphatic rings. The maximum absolute atomic E-state index is 11.3. The fraction of sp³-hybridized carbons (Fsp3) is 0.500. The molecular weight excluding hydrogens is 198 g/mol. The van der Waals surface area contributed by atoms with Crippen molar-refractivity contribution in [1.29, 1.82) is 0 Å². The van der Waals surface area contributed by atoms with Crippen LogP contribution in [0.4, 0.5) is 5.69 Å². The van der Waals surface area contributed by atoms with Crippen molar-refractivity contribution < 1.29 is 9.53 Å². The SMILES string of the molecule is COC(=O)c1sccc1NCC1CC1. The third-order valence-electron chi connectivity index (χ3n) is 2.31. The summed E-state index contributed by atoms with van der Waals surface area (Å²) in [5.74, 6) is 0.554. The van der Waals surface area contributed by atoms with E-state index in [-0.39, 0.29) is 5.97 Å². The molecule has 0 atom stereocenters. The number of rotatable bonds is 4. The average molecular weight is 211 g/mol. The summed E-state index contributed by atoms with van der Waals surface area (Å²) < 4.78 is 4.69. The number of carbonyl (C=O) groups is 1. The second-order valence-electron chi connectivity index (χ2n) is 3.48. The van der Waals surface area contributed by atoms with E-state index in [2.05, 4.69) is 10.1 Å². The molecule has 1 N–H and O–H groups in total. The second-order valence-corrected chi connectivity index (χ2v) is 4.40. The zero-order chi connectivity index (χ0) is 9.97. The van der Waals surface area contributed by atoms with Crippen molar-refractivity contribution in [2.45, 2.75) is 12.8 Å². The summed E-state index contributed by atoms with van der Waals surface area (Å²) in [6.07, 6.45) is 2.62. The summed E-state index contributed by atoms with van der Waals surface area (Å²) >= 11 is 1.42. The Kier molecular flexibility index (Phi) is 2.72. The minimum atomic E-state index is -0.252. The van der Waals surface area contributed by atoms with Crippen LogP contribution >= 0.6 is 11.3 Å². The van der Waals surface area contributed by atoms with Crippen molar-refractivity contribution in [3.8, 4) is 0 Å². The normalized spacial score (nSPS) is 15.2. The highest BCUT2D eigenvalue weighted by atomic mass is 32.1. The first kappa shape index (κ1) is 9.52. The predicted molar refractivity (Wildman–Crippen MR) is 56.9 cm³/mol. The highest BCUT2D eigenvalue weighted by molar-refractivity contribution is 7.12. The van der Waals surface area contributed by atoms with Crippen LogP contribution in [0.1, 0.15) is 22.5 Å². The lowest BCUT2D eigenvalue weighted by molar-refractivity contribution is 0.0607. The van der Waals surface area contributed by atoms with E-state index in [0.29, 0.717) is 4.88 Å². The van der Waals surface area contributed by atoms with E-state index in [0.717, 1.165) is 18.2 Å². The van der Waals surface area contributed by atoms with Gasteiger partial charge in [0.25, 0.3) is 0 Å². The molecule has 1 fully saturated rings. The molecule has 14 heavy (non-hydrogen) atoms. The van der Waals surface area contributed by atoms with Crippen molar-refractivity contribution in [3.63, 3.8) is 0 Å². The van der Waals surface area contributed by atoms with E-state index in [1.54, 1.807) is 0 Å². The topological polar surface area (TPSA) is 38.3 Å². The highest BCUT2D eigenvalue weighted by Crippen LogP contribution is 2.30. The molecule has 0 aliphatic heterocycles. The van der Waals surface area contributed by atoms with Gasteiger partial charge in [-0.25, -0.2) is 4.79 Å². The summed E-state index contributed by atoms with van der Waals surface area (Å²) in [6.45, 7) is 0.973. The summed E-state index contributed by atoms with van der Waals surface area (Å²) in [6, 6.07) is 1.93. The molecular formula is C10H13NO2S. The lowest BCUT2D eigenvalue weighted by Gasteiger charge is -2.04. The van der Waals surface area contributed by atoms with Crippen molar-refractivity contribution >= 4 is 23.0 Å². The van der Waals surface area contributed by atoms with Crippen LogP contribution in [0.15, 0.2) is 11.4 Å². The number of hydrogen-bond donors (Lipinski definition) is 1. The summed E-state index contributed by atoms with van der Waals surface area (Å²) in [7, 11) is 1.41. The zero-order valence-electron chi connectivity index (χ0n) is 8.08. The maximum Gasteiger partial charge on any atom is 0.350 e. The number of hydrogen-bond acceptors (Lipinski definition) is 4. The monoisotopic (exact) mass is 211 g/mol. The number of thiophene rings is 1. The Morgan fingerprint density at radius 1 is 1.71 bits per heavy atom. The number of carbonyl (C=O) groups excluding carboxylic acids is 1. The molecule has 0 saturated heterocycles. The van der Waals surface area contributed by atoms with Gasteiger partial charge in [0, 0.05) is 6.54 Å². The summed E-state index contributed by atoms with van der Waals surface area (Å²) in [5.41, 5.74) is 0.911. The molecule has 0 unspecified atom stereocenters. The quantitative estimate of drug-likeness (QED) is 0.777. The molecule has 76 valence electrons. The Hall–Kier alpha value is -1.03. The minimum absolute atomic E-state index is 0.252. The molecule has 4 heteroatoms. The van der Waals surface area contributed by atoms with Gasteiger partial charge in [-0.3, -0.25) is 0 Å². The van der Waals surface area contributed by atoms with Gasteiger partial charge < -0.3 is 10.1 Å². The molecule has 1 aromatic heterocycles. The Morgan fingerprint density at radius 3 is 3.14 bits per heavy atom. The molecule has 1 aromatic rings. The van der Waals surface area contributed by atoms with Crippen LogP contribution in [0.5, 0.6) is 0 Å². The lowest BCUT2D eigenvalue weighted by Crippen LogP contribution is -2.07. The largest absolute Gasteiger partial charge is 0.465 e. The Balaban J connectivity index is 2.00. The van der Waals surface area contributed by atoms with E-state index in [4.69, 9.17) is 0 Å². The molecule has 1 aliphatic carbocycles. The number of nitrogens with one attached hydrogen (secondary N) is 1. The van der Waals surface area contributed by atoms with E-state index in [9.17, 15) is 4.79 Å². The van der Waals surface area contributed by atoms with Crippen LogP contribution in [0.3, 0.4) is 0 Å². The zero-order valence-corrected chi connectivity index (χ0v) is 8.89. The summed E-state index contributed by atoms with van der Waals surface area (Å²) in [4.78, 5) is 12.0. The van der Waals surface area contributed by atoms with Gasteiger partial charge in [-0.1, -0.05) is 0 Å². The second kappa shape index (κ2) is 4.00. The third kappa shape index (κ3) is 2.07. The van der Waals surface area contributed by atoms with Gasteiger partial charge in [-0.15, -0.1) is 11.3 Å². The van der Waals surface area contributed by atoms with E-state index in [1.807, 2.05) is 11.4 Å². The van der Waals surface area contributed by atoms with Crippen LogP contribution in [0, 0.1) is 5.92 Å². The molecule has 1 saturated carbocycles. The first-order valence-electron chi connectivity index (χ1n) is 4.71.